The summed E-state index contributed by atoms with van der Waals surface area (Å²) in [4.78, 5) is 31.5. The predicted molar refractivity (Wildman–Crippen MR) is 120 cm³/mol. The van der Waals surface area contributed by atoms with Crippen LogP contribution in [-0.2, 0) is 9.59 Å². The van der Waals surface area contributed by atoms with Crippen molar-refractivity contribution >= 4 is 34.9 Å². The average Bonchev–Trinajstić information content (AvgIpc) is 2.77. The fourth-order valence-corrected chi connectivity index (χ4v) is 3.77. The van der Waals surface area contributed by atoms with Crippen LogP contribution in [0.15, 0.2) is 66.9 Å². The number of aromatic nitrogens is 1. The van der Waals surface area contributed by atoms with Crippen molar-refractivity contribution in [3.05, 3.63) is 83.0 Å². The predicted octanol–water partition coefficient (Wildman–Crippen LogP) is 4.93. The summed E-state index contributed by atoms with van der Waals surface area (Å²) >= 11 is 6.19. The number of aryl methyl sites for hydroxylation is 1. The van der Waals surface area contributed by atoms with Crippen LogP contribution in [0, 0.1) is 6.92 Å². The van der Waals surface area contributed by atoms with Gasteiger partial charge in [-0.05, 0) is 43.2 Å². The summed E-state index contributed by atoms with van der Waals surface area (Å²) in [5, 5.41) is 3.33. The quantitative estimate of drug-likeness (QED) is 0.596. The number of fused-ring (bicyclic) bond motifs is 1. The molecule has 1 aliphatic rings. The van der Waals surface area contributed by atoms with Crippen molar-refractivity contribution in [3.63, 3.8) is 0 Å². The third kappa shape index (κ3) is 4.70. The summed E-state index contributed by atoms with van der Waals surface area (Å²) in [6.45, 7) is 2.29. The zero-order chi connectivity index (χ0) is 21.8. The van der Waals surface area contributed by atoms with E-state index in [0.29, 0.717) is 35.2 Å². The van der Waals surface area contributed by atoms with E-state index >= 15 is 0 Å². The highest BCUT2D eigenvalue weighted by Crippen LogP contribution is 2.37. The van der Waals surface area contributed by atoms with Gasteiger partial charge < -0.3 is 10.1 Å². The summed E-state index contributed by atoms with van der Waals surface area (Å²) in [6.07, 6.45) is 1.60. The fourth-order valence-electron chi connectivity index (χ4n) is 3.49. The van der Waals surface area contributed by atoms with Crippen molar-refractivity contribution in [2.75, 3.05) is 16.8 Å². The van der Waals surface area contributed by atoms with Crippen molar-refractivity contribution in [2.45, 2.75) is 25.9 Å². The van der Waals surface area contributed by atoms with E-state index in [1.807, 2.05) is 43.3 Å². The lowest BCUT2D eigenvalue weighted by Crippen LogP contribution is -2.42. The Bertz CT molecular complexity index is 1100. The smallest absolute Gasteiger partial charge is 0.274 e. The van der Waals surface area contributed by atoms with Gasteiger partial charge in [-0.15, -0.1) is 0 Å². The number of ether oxygens (including phenoxy) is 1. The van der Waals surface area contributed by atoms with Gasteiger partial charge in [0.1, 0.15) is 0 Å². The molecule has 2 heterocycles. The Hall–Kier alpha value is -3.38. The number of carbonyl (C=O) groups excluding carboxylic acids is 2. The van der Waals surface area contributed by atoms with E-state index in [4.69, 9.17) is 16.3 Å². The highest BCUT2D eigenvalue weighted by molar-refractivity contribution is 6.33. The molecular formula is C24H22ClN3O3. The molecule has 3 aromatic rings. The number of pyridine rings is 1. The summed E-state index contributed by atoms with van der Waals surface area (Å²) in [6, 6.07) is 18.4. The molecule has 4 rings (SSSR count). The third-order valence-electron chi connectivity index (χ3n) is 5.03. The molecule has 2 amide bonds. The van der Waals surface area contributed by atoms with Crippen molar-refractivity contribution < 1.29 is 14.3 Å². The van der Waals surface area contributed by atoms with E-state index < -0.39 is 6.10 Å². The maximum Gasteiger partial charge on any atom is 0.274 e. The lowest BCUT2D eigenvalue weighted by Gasteiger charge is -2.33. The number of nitrogens with one attached hydrogen (secondary N) is 1. The van der Waals surface area contributed by atoms with Crippen LogP contribution in [-0.4, -0.2) is 23.3 Å². The fraction of sp³-hybridized carbons (Fsp3) is 0.208. The van der Waals surface area contributed by atoms with Crippen molar-refractivity contribution in [2.24, 2.45) is 0 Å². The zero-order valence-electron chi connectivity index (χ0n) is 17.0. The topological polar surface area (TPSA) is 71.5 Å². The Morgan fingerprint density at radius 3 is 2.74 bits per heavy atom. The van der Waals surface area contributed by atoms with Gasteiger partial charge in [0, 0.05) is 24.7 Å². The molecule has 1 N–H and O–H groups in total. The Morgan fingerprint density at radius 2 is 1.97 bits per heavy atom. The number of carbonyl (C=O) groups is 2. The molecule has 0 saturated heterocycles. The van der Waals surface area contributed by atoms with Crippen LogP contribution in [0.2, 0.25) is 5.02 Å². The molecule has 1 aliphatic heterocycles. The molecule has 31 heavy (non-hydrogen) atoms. The van der Waals surface area contributed by atoms with E-state index in [2.05, 4.69) is 10.3 Å². The molecule has 0 radical (unpaired) electrons. The second kappa shape index (κ2) is 9.18. The average molecular weight is 436 g/mol. The highest BCUT2D eigenvalue weighted by Gasteiger charge is 2.36. The van der Waals surface area contributed by atoms with E-state index in [1.165, 1.54) is 0 Å². The van der Waals surface area contributed by atoms with Gasteiger partial charge in [-0.1, -0.05) is 48.0 Å². The number of hydrogen-bond donors (Lipinski definition) is 1. The first-order valence-electron chi connectivity index (χ1n) is 10.1. The van der Waals surface area contributed by atoms with E-state index in [1.54, 1.807) is 35.4 Å². The number of nitrogens with zero attached hydrogens (tertiary/aromatic N) is 2. The van der Waals surface area contributed by atoms with Gasteiger partial charge in [-0.3, -0.25) is 14.5 Å². The van der Waals surface area contributed by atoms with E-state index in [-0.39, 0.29) is 18.2 Å². The standard InChI is InChI=1S/C24H22ClN3O3/c1-16-11-12-19(18(25)15-16)27-21(29)10-6-14-28-23-20(9-5-13-26-23)31-22(24(28)30)17-7-3-2-4-8-17/h2-5,7-9,11-13,15,22H,6,10,14H2,1H3,(H,27,29). The maximum atomic E-state index is 13.2. The van der Waals surface area contributed by atoms with Gasteiger partial charge in [0.05, 0.1) is 10.7 Å². The molecule has 2 aromatic carbocycles. The number of anilines is 2. The van der Waals surface area contributed by atoms with Crippen LogP contribution in [0.25, 0.3) is 0 Å². The Balaban J connectivity index is 1.44. The van der Waals surface area contributed by atoms with Crippen LogP contribution in [0.5, 0.6) is 5.75 Å². The Morgan fingerprint density at radius 1 is 1.16 bits per heavy atom. The van der Waals surface area contributed by atoms with Gasteiger partial charge in [-0.2, -0.15) is 0 Å². The van der Waals surface area contributed by atoms with Crippen molar-refractivity contribution in [1.82, 2.24) is 4.98 Å². The van der Waals surface area contributed by atoms with Gasteiger partial charge in [0.15, 0.2) is 11.6 Å². The first-order valence-corrected chi connectivity index (χ1v) is 10.4. The largest absolute Gasteiger partial charge is 0.472 e. The molecule has 0 bridgehead atoms. The minimum absolute atomic E-state index is 0.160. The number of benzene rings is 2. The van der Waals surface area contributed by atoms with Crippen LogP contribution >= 0.6 is 11.6 Å². The summed E-state index contributed by atoms with van der Waals surface area (Å²) in [5.41, 5.74) is 2.38. The lowest BCUT2D eigenvalue weighted by molar-refractivity contribution is -0.127. The minimum Gasteiger partial charge on any atom is -0.472 e. The Labute approximate surface area is 185 Å². The molecule has 1 atom stereocenters. The summed E-state index contributed by atoms with van der Waals surface area (Å²) in [5.74, 6) is 0.667. The molecule has 0 spiro atoms. The van der Waals surface area contributed by atoms with Gasteiger partial charge in [0.2, 0.25) is 12.0 Å². The molecule has 0 saturated carbocycles. The molecule has 0 aliphatic carbocycles. The monoisotopic (exact) mass is 435 g/mol. The third-order valence-corrected chi connectivity index (χ3v) is 5.34. The van der Waals surface area contributed by atoms with E-state index in [9.17, 15) is 9.59 Å². The van der Waals surface area contributed by atoms with Crippen LogP contribution in [0.4, 0.5) is 11.5 Å². The lowest BCUT2D eigenvalue weighted by atomic mass is 10.1. The number of amides is 2. The van der Waals surface area contributed by atoms with Crippen LogP contribution < -0.4 is 15.0 Å². The molecule has 1 unspecified atom stereocenters. The Kier molecular flexibility index (Phi) is 6.18. The summed E-state index contributed by atoms with van der Waals surface area (Å²) < 4.78 is 5.94. The minimum atomic E-state index is -0.738. The number of hydrogen-bond acceptors (Lipinski definition) is 4. The molecule has 158 valence electrons. The molecule has 7 heteroatoms. The highest BCUT2D eigenvalue weighted by atomic mass is 35.5. The SMILES string of the molecule is Cc1ccc(NC(=O)CCCN2C(=O)C(c3ccccc3)Oc3cccnc32)c(Cl)c1. The first-order chi connectivity index (χ1) is 15.0. The van der Waals surface area contributed by atoms with Gasteiger partial charge in [0.25, 0.3) is 5.91 Å². The van der Waals surface area contributed by atoms with Gasteiger partial charge >= 0.3 is 0 Å². The van der Waals surface area contributed by atoms with Crippen LogP contribution in [0.3, 0.4) is 0 Å². The van der Waals surface area contributed by atoms with E-state index in [0.717, 1.165) is 11.1 Å². The molecule has 1 aromatic heterocycles. The zero-order valence-corrected chi connectivity index (χ0v) is 17.8. The molecule has 6 nitrogen and oxygen atoms in total. The van der Waals surface area contributed by atoms with Crippen molar-refractivity contribution in [1.29, 1.82) is 0 Å². The second-order valence-electron chi connectivity index (χ2n) is 7.36. The van der Waals surface area contributed by atoms with Gasteiger partial charge in [-0.25, -0.2) is 4.98 Å². The normalized spacial score (nSPS) is 15.2. The summed E-state index contributed by atoms with van der Waals surface area (Å²) in [7, 11) is 0. The number of rotatable bonds is 6. The maximum absolute atomic E-state index is 13.2. The molecular weight excluding hydrogens is 414 g/mol. The molecule has 0 fully saturated rings. The second-order valence-corrected chi connectivity index (χ2v) is 7.77. The number of halogens is 1. The first kappa shape index (κ1) is 20.9. The van der Waals surface area contributed by atoms with Crippen LogP contribution in [0.1, 0.15) is 30.1 Å². The van der Waals surface area contributed by atoms with Crippen molar-refractivity contribution in [3.8, 4) is 5.75 Å².